The standard InChI is InChI=1S/C35H42N12O5S/c1-7-46-28(18-21(3)41-46)32(49)39-34-37-24-20-23(31(36)48)14-15-25(24)44(34)16-9-10-17-45-27-13-11-12-26(43(5)53(6,51)52)30(27)38-35(45)40-33(50)29-19-22(4)42-47(29)8-2/h11-15,18-20H,7-10,16-17H2,1-6H3,(H2,36,48)(H,37,39,49)(H,38,40,50). The SMILES string of the molecule is CCn1nc(C)cc1C(=O)Nc1nc2cc(C(N)=O)ccc2n1CCCCn1c(NC(=O)c2cc(C)nn2CC)nc2c(N(C)S(C)(=O)=O)cccc21. The summed E-state index contributed by atoms with van der Waals surface area (Å²) >= 11 is 0. The number of imidazole rings is 2. The van der Waals surface area contributed by atoms with Gasteiger partial charge in [-0.05, 0) is 83.0 Å². The molecule has 2 aromatic carbocycles. The molecule has 0 radical (unpaired) electrons. The first-order valence-corrected chi connectivity index (χ1v) is 19.0. The molecule has 0 bridgehead atoms. The maximum Gasteiger partial charge on any atom is 0.276 e. The van der Waals surface area contributed by atoms with Crippen LogP contribution in [0, 0.1) is 13.8 Å². The fourth-order valence-corrected chi connectivity index (χ4v) is 6.81. The smallest absolute Gasteiger partial charge is 0.276 e. The van der Waals surface area contributed by atoms with Crippen LogP contribution in [-0.4, -0.2) is 78.1 Å². The van der Waals surface area contributed by atoms with E-state index in [1.54, 1.807) is 51.8 Å². The summed E-state index contributed by atoms with van der Waals surface area (Å²) in [4.78, 5) is 48.3. The molecule has 4 aromatic heterocycles. The summed E-state index contributed by atoms with van der Waals surface area (Å²) in [5.74, 6) is -0.819. The Labute approximate surface area is 305 Å². The summed E-state index contributed by atoms with van der Waals surface area (Å²) in [7, 11) is -2.15. The van der Waals surface area contributed by atoms with Crippen LogP contribution in [0.25, 0.3) is 22.1 Å². The molecule has 0 saturated heterocycles. The zero-order valence-corrected chi connectivity index (χ0v) is 31.2. The first-order valence-electron chi connectivity index (χ1n) is 17.1. The van der Waals surface area contributed by atoms with Gasteiger partial charge in [0.2, 0.25) is 27.8 Å². The number of unbranched alkanes of at least 4 members (excludes halogenated alkanes) is 1. The number of nitrogens with one attached hydrogen (secondary N) is 2. The fraction of sp³-hybridized carbons (Fsp3) is 0.343. The van der Waals surface area contributed by atoms with Crippen molar-refractivity contribution in [3.63, 3.8) is 0 Å². The summed E-state index contributed by atoms with van der Waals surface area (Å²) in [6, 6.07) is 13.6. The van der Waals surface area contributed by atoms with E-state index >= 15 is 0 Å². The number of anilines is 3. The Hall–Kier alpha value is -6.04. The van der Waals surface area contributed by atoms with E-state index in [2.05, 4.69) is 25.8 Å². The van der Waals surface area contributed by atoms with Crippen LogP contribution in [0.4, 0.5) is 17.6 Å². The van der Waals surface area contributed by atoms with E-state index in [0.29, 0.717) is 101 Å². The molecule has 53 heavy (non-hydrogen) atoms. The van der Waals surface area contributed by atoms with Crippen molar-refractivity contribution >= 4 is 67.4 Å². The van der Waals surface area contributed by atoms with Crippen molar-refractivity contribution in [2.24, 2.45) is 5.73 Å². The Bertz CT molecular complexity index is 2490. The predicted octanol–water partition coefficient (Wildman–Crippen LogP) is 3.92. The molecule has 278 valence electrons. The number of nitrogens with two attached hydrogens (primary N) is 1. The topological polar surface area (TPSA) is 210 Å². The monoisotopic (exact) mass is 742 g/mol. The van der Waals surface area contributed by atoms with Gasteiger partial charge in [-0.15, -0.1) is 0 Å². The Balaban J connectivity index is 1.31. The van der Waals surface area contributed by atoms with Crippen LogP contribution in [0.2, 0.25) is 0 Å². The van der Waals surface area contributed by atoms with Crippen molar-refractivity contribution in [1.82, 2.24) is 38.7 Å². The van der Waals surface area contributed by atoms with Gasteiger partial charge in [0.05, 0.1) is 39.9 Å². The summed E-state index contributed by atoms with van der Waals surface area (Å²) in [6.07, 6.45) is 2.29. The number of rotatable bonds is 14. The molecule has 3 amide bonds. The second kappa shape index (κ2) is 14.5. The number of amides is 3. The molecule has 0 atom stereocenters. The number of para-hydroxylation sites is 1. The van der Waals surface area contributed by atoms with Crippen LogP contribution in [0.5, 0.6) is 0 Å². The molecule has 0 unspecified atom stereocenters. The number of sulfonamides is 1. The van der Waals surface area contributed by atoms with Crippen LogP contribution in [0.3, 0.4) is 0 Å². The number of aryl methyl sites for hydroxylation is 6. The summed E-state index contributed by atoms with van der Waals surface area (Å²) < 4.78 is 33.2. The Morgan fingerprint density at radius 2 is 1.34 bits per heavy atom. The number of hydrogen-bond acceptors (Lipinski definition) is 9. The minimum absolute atomic E-state index is 0.253. The van der Waals surface area contributed by atoms with Gasteiger partial charge in [0, 0.05) is 38.8 Å². The van der Waals surface area contributed by atoms with Crippen LogP contribution >= 0.6 is 0 Å². The lowest BCUT2D eigenvalue weighted by Crippen LogP contribution is -2.25. The average molecular weight is 743 g/mol. The lowest BCUT2D eigenvalue weighted by Gasteiger charge is -2.17. The first kappa shape index (κ1) is 36.7. The second-order valence-electron chi connectivity index (χ2n) is 12.7. The highest BCUT2D eigenvalue weighted by atomic mass is 32.2. The third-order valence-electron chi connectivity index (χ3n) is 8.96. The van der Waals surface area contributed by atoms with Crippen molar-refractivity contribution in [2.45, 2.75) is 66.7 Å². The number of primary amides is 1. The molecular weight excluding hydrogens is 701 g/mol. The fourth-order valence-electron chi connectivity index (χ4n) is 6.30. The molecule has 6 aromatic rings. The molecule has 0 aliphatic heterocycles. The van der Waals surface area contributed by atoms with Crippen molar-refractivity contribution in [3.05, 3.63) is 76.9 Å². The van der Waals surface area contributed by atoms with Crippen molar-refractivity contribution in [2.75, 3.05) is 28.2 Å². The van der Waals surface area contributed by atoms with E-state index in [4.69, 9.17) is 10.7 Å². The highest BCUT2D eigenvalue weighted by molar-refractivity contribution is 7.92. The first-order chi connectivity index (χ1) is 25.2. The summed E-state index contributed by atoms with van der Waals surface area (Å²) in [5.41, 5.74) is 10.6. The average Bonchev–Trinajstić information content (AvgIpc) is 3.87. The molecule has 4 N–H and O–H groups in total. The number of aromatic nitrogens is 8. The van der Waals surface area contributed by atoms with Gasteiger partial charge in [-0.25, -0.2) is 18.4 Å². The number of nitrogens with zero attached hydrogens (tertiary/aromatic N) is 9. The van der Waals surface area contributed by atoms with E-state index in [1.165, 1.54) is 7.05 Å². The van der Waals surface area contributed by atoms with Gasteiger partial charge < -0.3 is 14.9 Å². The molecule has 4 heterocycles. The second-order valence-corrected chi connectivity index (χ2v) is 14.7. The largest absolute Gasteiger partial charge is 0.366 e. The quantitative estimate of drug-likeness (QED) is 0.138. The third-order valence-corrected chi connectivity index (χ3v) is 10.2. The lowest BCUT2D eigenvalue weighted by atomic mass is 10.2. The van der Waals surface area contributed by atoms with Crippen molar-refractivity contribution < 1.29 is 22.8 Å². The maximum atomic E-state index is 13.5. The van der Waals surface area contributed by atoms with E-state index in [1.807, 2.05) is 42.9 Å². The molecule has 17 nitrogen and oxygen atoms in total. The number of fused-ring (bicyclic) bond motifs is 2. The molecule has 0 fully saturated rings. The Morgan fingerprint density at radius 1 is 0.792 bits per heavy atom. The summed E-state index contributed by atoms with van der Waals surface area (Å²) in [6.45, 7) is 9.25. The van der Waals surface area contributed by atoms with E-state index in [9.17, 15) is 22.8 Å². The van der Waals surface area contributed by atoms with E-state index < -0.39 is 21.8 Å². The van der Waals surface area contributed by atoms with Gasteiger partial charge in [0.25, 0.3) is 11.8 Å². The minimum Gasteiger partial charge on any atom is -0.366 e. The number of hydrogen-bond donors (Lipinski definition) is 3. The highest BCUT2D eigenvalue weighted by Crippen LogP contribution is 2.31. The molecular formula is C35H42N12O5S. The molecule has 18 heteroatoms. The van der Waals surface area contributed by atoms with Gasteiger partial charge in [0.15, 0.2) is 0 Å². The maximum absolute atomic E-state index is 13.5. The zero-order chi connectivity index (χ0) is 38.2. The molecule has 0 saturated carbocycles. The molecule has 6 rings (SSSR count). The zero-order valence-electron chi connectivity index (χ0n) is 30.4. The molecule has 0 aliphatic carbocycles. The van der Waals surface area contributed by atoms with Gasteiger partial charge in [-0.1, -0.05) is 6.07 Å². The van der Waals surface area contributed by atoms with Crippen molar-refractivity contribution in [1.29, 1.82) is 0 Å². The van der Waals surface area contributed by atoms with Gasteiger partial charge in [-0.2, -0.15) is 10.2 Å². The van der Waals surface area contributed by atoms with Crippen LogP contribution < -0.4 is 20.7 Å². The van der Waals surface area contributed by atoms with Crippen LogP contribution in [-0.2, 0) is 36.2 Å². The van der Waals surface area contributed by atoms with Gasteiger partial charge in [0.1, 0.15) is 16.9 Å². The van der Waals surface area contributed by atoms with Crippen LogP contribution in [0.1, 0.15) is 69.4 Å². The highest BCUT2D eigenvalue weighted by Gasteiger charge is 2.23. The summed E-state index contributed by atoms with van der Waals surface area (Å²) in [5, 5.41) is 14.6. The number of carbonyl (C=O) groups is 3. The number of carbonyl (C=O) groups excluding carboxylic acids is 3. The van der Waals surface area contributed by atoms with Gasteiger partial charge in [-0.3, -0.25) is 38.7 Å². The third kappa shape index (κ3) is 7.35. The lowest BCUT2D eigenvalue weighted by molar-refractivity contribution is 0.0995. The van der Waals surface area contributed by atoms with E-state index in [-0.39, 0.29) is 11.9 Å². The van der Waals surface area contributed by atoms with Crippen LogP contribution in [0.15, 0.2) is 48.5 Å². The number of benzene rings is 2. The van der Waals surface area contributed by atoms with Crippen molar-refractivity contribution in [3.8, 4) is 0 Å². The van der Waals surface area contributed by atoms with E-state index in [0.717, 1.165) is 10.6 Å². The normalized spacial score (nSPS) is 11.7. The minimum atomic E-state index is -3.61. The Kier molecular flexibility index (Phi) is 10.1. The van der Waals surface area contributed by atoms with Gasteiger partial charge >= 0.3 is 0 Å². The Morgan fingerprint density at radius 3 is 1.87 bits per heavy atom. The molecule has 0 aliphatic rings. The predicted molar refractivity (Wildman–Crippen MR) is 202 cm³/mol. The molecule has 0 spiro atoms.